The number of hydrogen-bond acceptors (Lipinski definition) is 3. The molecule has 3 fully saturated rings. The lowest BCUT2D eigenvalue weighted by atomic mass is 9.73. The van der Waals surface area contributed by atoms with Gasteiger partial charge in [0.15, 0.2) is 0 Å². The molecule has 0 unspecified atom stereocenters. The van der Waals surface area contributed by atoms with Crippen molar-refractivity contribution in [2.75, 3.05) is 33.2 Å². The van der Waals surface area contributed by atoms with Crippen LogP contribution in [0.25, 0.3) is 0 Å². The first-order valence-corrected chi connectivity index (χ1v) is 8.75. The standard InChI is InChI=1S/C19H24N2O3/c1-20-10-7-15-11-21(13-19(15,12-20)17(23)24)16(22)18(8-9-18)14-5-3-2-4-6-14/h2-6,15H,7-13H2,1H3,(H,23,24)/t15-,19-/m0/s1. The Balaban J connectivity index is 1.60. The van der Waals surface area contributed by atoms with Crippen LogP contribution in [-0.2, 0) is 15.0 Å². The summed E-state index contributed by atoms with van der Waals surface area (Å²) >= 11 is 0. The monoisotopic (exact) mass is 328 g/mol. The predicted molar refractivity (Wildman–Crippen MR) is 89.6 cm³/mol. The Morgan fingerprint density at radius 3 is 2.50 bits per heavy atom. The zero-order chi connectivity index (χ0) is 16.9. The third kappa shape index (κ3) is 2.18. The molecule has 2 atom stereocenters. The molecule has 1 amide bonds. The highest BCUT2D eigenvalue weighted by Gasteiger charge is 2.60. The van der Waals surface area contributed by atoms with Crippen molar-refractivity contribution in [1.29, 1.82) is 0 Å². The molecule has 0 bridgehead atoms. The number of piperidine rings is 1. The number of nitrogens with zero attached hydrogens (tertiary/aromatic N) is 2. The molecule has 1 aliphatic carbocycles. The summed E-state index contributed by atoms with van der Waals surface area (Å²) in [5.74, 6) is -0.549. The van der Waals surface area contributed by atoms with Crippen LogP contribution in [0.1, 0.15) is 24.8 Å². The Labute approximate surface area is 142 Å². The second-order valence-corrected chi connectivity index (χ2v) is 7.82. The number of amides is 1. The fourth-order valence-corrected chi connectivity index (χ4v) is 4.73. The van der Waals surface area contributed by atoms with Gasteiger partial charge in [0.1, 0.15) is 5.41 Å². The molecule has 1 saturated carbocycles. The van der Waals surface area contributed by atoms with Crippen LogP contribution in [0, 0.1) is 11.3 Å². The molecule has 0 aromatic heterocycles. The van der Waals surface area contributed by atoms with Crippen LogP contribution in [0.5, 0.6) is 0 Å². The average molecular weight is 328 g/mol. The number of rotatable bonds is 3. The second-order valence-electron chi connectivity index (χ2n) is 7.82. The van der Waals surface area contributed by atoms with Gasteiger partial charge < -0.3 is 14.9 Å². The first kappa shape index (κ1) is 15.6. The second kappa shape index (κ2) is 5.31. The summed E-state index contributed by atoms with van der Waals surface area (Å²) in [5, 5.41) is 9.89. The smallest absolute Gasteiger partial charge is 0.313 e. The van der Waals surface area contributed by atoms with E-state index in [4.69, 9.17) is 0 Å². The van der Waals surface area contributed by atoms with Gasteiger partial charge >= 0.3 is 5.97 Å². The number of aliphatic carboxylic acids is 1. The van der Waals surface area contributed by atoms with Crippen LogP contribution >= 0.6 is 0 Å². The lowest BCUT2D eigenvalue weighted by molar-refractivity contribution is -0.154. The van der Waals surface area contributed by atoms with Crippen LogP contribution in [-0.4, -0.2) is 60.0 Å². The number of carbonyl (C=O) groups excluding carboxylic acids is 1. The molecule has 2 saturated heterocycles. The largest absolute Gasteiger partial charge is 0.481 e. The highest BCUT2D eigenvalue weighted by molar-refractivity contribution is 5.92. The third-order valence-electron chi connectivity index (χ3n) is 6.31. The van der Waals surface area contributed by atoms with E-state index in [2.05, 4.69) is 4.90 Å². The van der Waals surface area contributed by atoms with Crippen molar-refractivity contribution in [3.8, 4) is 0 Å². The van der Waals surface area contributed by atoms with E-state index < -0.39 is 16.8 Å². The van der Waals surface area contributed by atoms with Crippen molar-refractivity contribution < 1.29 is 14.7 Å². The van der Waals surface area contributed by atoms with Crippen molar-refractivity contribution in [3.05, 3.63) is 35.9 Å². The van der Waals surface area contributed by atoms with Crippen molar-refractivity contribution >= 4 is 11.9 Å². The number of fused-ring (bicyclic) bond motifs is 1. The minimum atomic E-state index is -0.796. The Morgan fingerprint density at radius 1 is 1.17 bits per heavy atom. The van der Waals surface area contributed by atoms with Gasteiger partial charge in [-0.1, -0.05) is 30.3 Å². The van der Waals surface area contributed by atoms with Crippen LogP contribution in [0.15, 0.2) is 30.3 Å². The first-order valence-electron chi connectivity index (χ1n) is 8.75. The summed E-state index contributed by atoms with van der Waals surface area (Å²) in [4.78, 5) is 29.2. The normalized spacial score (nSPS) is 31.5. The number of carboxylic acid groups (broad SMARTS) is 1. The van der Waals surface area contributed by atoms with Gasteiger partial charge in [0.2, 0.25) is 5.91 Å². The molecule has 128 valence electrons. The molecule has 1 aromatic rings. The average Bonchev–Trinajstić information content (AvgIpc) is 3.30. The van der Waals surface area contributed by atoms with Gasteiger partial charge in [-0.2, -0.15) is 0 Å². The molecule has 1 aromatic carbocycles. The van der Waals surface area contributed by atoms with Crippen molar-refractivity contribution in [2.24, 2.45) is 11.3 Å². The van der Waals surface area contributed by atoms with Crippen molar-refractivity contribution in [3.63, 3.8) is 0 Å². The molecule has 5 nitrogen and oxygen atoms in total. The maximum Gasteiger partial charge on any atom is 0.313 e. The molecule has 1 N–H and O–H groups in total. The Hall–Kier alpha value is -1.88. The van der Waals surface area contributed by atoms with Gasteiger partial charge in [0.05, 0.1) is 5.41 Å². The summed E-state index contributed by atoms with van der Waals surface area (Å²) in [5.41, 5.74) is -0.123. The number of benzene rings is 1. The lowest BCUT2D eigenvalue weighted by Gasteiger charge is -2.39. The molecule has 2 aliphatic heterocycles. The fraction of sp³-hybridized carbons (Fsp3) is 0.579. The van der Waals surface area contributed by atoms with E-state index in [1.807, 2.05) is 42.3 Å². The van der Waals surface area contributed by atoms with Crippen LogP contribution in [0.4, 0.5) is 0 Å². The van der Waals surface area contributed by atoms with Gasteiger partial charge in [-0.25, -0.2) is 0 Å². The summed E-state index contributed by atoms with van der Waals surface area (Å²) in [6.07, 6.45) is 2.60. The molecular weight excluding hydrogens is 304 g/mol. The summed E-state index contributed by atoms with van der Waals surface area (Å²) in [7, 11) is 1.97. The molecular formula is C19H24N2O3. The Morgan fingerprint density at radius 2 is 1.88 bits per heavy atom. The predicted octanol–water partition coefficient (Wildman–Crippen LogP) is 1.58. The van der Waals surface area contributed by atoms with E-state index in [-0.39, 0.29) is 11.8 Å². The van der Waals surface area contributed by atoms with E-state index in [9.17, 15) is 14.7 Å². The maximum atomic E-state index is 13.2. The van der Waals surface area contributed by atoms with E-state index in [0.29, 0.717) is 19.6 Å². The third-order valence-corrected chi connectivity index (χ3v) is 6.31. The summed E-state index contributed by atoms with van der Waals surface area (Å²) in [6, 6.07) is 9.95. The van der Waals surface area contributed by atoms with Crippen LogP contribution in [0.3, 0.4) is 0 Å². The topological polar surface area (TPSA) is 60.9 Å². The molecule has 5 heteroatoms. The SMILES string of the molecule is CN1CC[C@H]2CN(C(=O)C3(c4ccccc4)CC3)C[C@@]2(C(=O)O)C1. The molecule has 2 heterocycles. The Bertz CT molecular complexity index is 670. The van der Waals surface area contributed by atoms with Crippen molar-refractivity contribution in [2.45, 2.75) is 24.7 Å². The van der Waals surface area contributed by atoms with Crippen molar-refractivity contribution in [1.82, 2.24) is 9.80 Å². The highest BCUT2D eigenvalue weighted by atomic mass is 16.4. The number of carbonyl (C=O) groups is 2. The zero-order valence-corrected chi connectivity index (χ0v) is 14.1. The van der Waals surface area contributed by atoms with Crippen LogP contribution < -0.4 is 0 Å². The summed E-state index contributed by atoms with van der Waals surface area (Å²) < 4.78 is 0. The van der Waals surface area contributed by atoms with Gasteiger partial charge in [0.25, 0.3) is 0 Å². The van der Waals surface area contributed by atoms with E-state index in [1.165, 1.54) is 0 Å². The van der Waals surface area contributed by atoms with E-state index in [1.54, 1.807) is 0 Å². The molecule has 24 heavy (non-hydrogen) atoms. The van der Waals surface area contributed by atoms with Gasteiger partial charge in [-0.05, 0) is 44.3 Å². The number of likely N-dealkylation sites (tertiary alicyclic amines) is 2. The molecule has 0 radical (unpaired) electrons. The number of carboxylic acids is 1. The minimum absolute atomic E-state index is 0.0710. The zero-order valence-electron chi connectivity index (χ0n) is 14.1. The number of hydrogen-bond donors (Lipinski definition) is 1. The lowest BCUT2D eigenvalue weighted by Crippen LogP contribution is -2.52. The fourth-order valence-electron chi connectivity index (χ4n) is 4.73. The van der Waals surface area contributed by atoms with E-state index >= 15 is 0 Å². The van der Waals surface area contributed by atoms with E-state index in [0.717, 1.165) is 31.4 Å². The quantitative estimate of drug-likeness (QED) is 0.915. The van der Waals surface area contributed by atoms with Gasteiger partial charge in [-0.3, -0.25) is 9.59 Å². The van der Waals surface area contributed by atoms with Gasteiger partial charge in [0, 0.05) is 19.6 Å². The first-order chi connectivity index (χ1) is 11.5. The molecule has 4 rings (SSSR count). The highest BCUT2D eigenvalue weighted by Crippen LogP contribution is 2.52. The Kier molecular flexibility index (Phi) is 3.46. The summed E-state index contributed by atoms with van der Waals surface area (Å²) in [6.45, 7) is 2.39. The maximum absolute atomic E-state index is 13.2. The van der Waals surface area contributed by atoms with Crippen LogP contribution in [0.2, 0.25) is 0 Å². The minimum Gasteiger partial charge on any atom is -0.481 e. The molecule has 0 spiro atoms. The molecule has 3 aliphatic rings. The van der Waals surface area contributed by atoms with Gasteiger partial charge in [-0.15, -0.1) is 0 Å².